The number of aromatic nitrogens is 3. The summed E-state index contributed by atoms with van der Waals surface area (Å²) in [7, 11) is 1.91. The Balaban J connectivity index is 1.40. The molecular formula is C34H41N7O5. The number of aryl methyl sites for hydroxylation is 1. The van der Waals surface area contributed by atoms with E-state index in [0.29, 0.717) is 29.0 Å². The van der Waals surface area contributed by atoms with Gasteiger partial charge in [0.05, 0.1) is 30.6 Å². The van der Waals surface area contributed by atoms with Gasteiger partial charge in [0.15, 0.2) is 0 Å². The first-order chi connectivity index (χ1) is 22.2. The Morgan fingerprint density at radius 2 is 1.80 bits per heavy atom. The number of ether oxygens (including phenoxy) is 2. The SMILES string of the molecule is CCCCC(C)OC(=O)NC(=N)c1ccc(NCc2nc3cc(C(=O)N(CCC(=O)OCC)c4ccccn4)ccc3n2C)cc1. The fourth-order valence-corrected chi connectivity index (χ4v) is 4.84. The fourth-order valence-electron chi connectivity index (χ4n) is 4.84. The minimum atomic E-state index is -0.636. The number of amides is 2. The lowest BCUT2D eigenvalue weighted by atomic mass is 10.1. The maximum absolute atomic E-state index is 13.6. The summed E-state index contributed by atoms with van der Waals surface area (Å²) in [5, 5.41) is 14.0. The summed E-state index contributed by atoms with van der Waals surface area (Å²) < 4.78 is 12.3. The van der Waals surface area contributed by atoms with Crippen LogP contribution in [-0.4, -0.2) is 57.6 Å². The smallest absolute Gasteiger partial charge is 0.413 e. The van der Waals surface area contributed by atoms with Gasteiger partial charge in [-0.05, 0) is 74.9 Å². The van der Waals surface area contributed by atoms with Gasteiger partial charge >= 0.3 is 12.1 Å². The number of alkyl carbamates (subject to hydrolysis) is 1. The molecule has 1 unspecified atom stereocenters. The van der Waals surface area contributed by atoms with Crippen LogP contribution in [0.25, 0.3) is 11.0 Å². The average Bonchev–Trinajstić information content (AvgIpc) is 3.37. The Bertz CT molecular complexity index is 1650. The normalized spacial score (nSPS) is 11.5. The predicted octanol–water partition coefficient (Wildman–Crippen LogP) is 5.81. The van der Waals surface area contributed by atoms with E-state index >= 15 is 0 Å². The number of hydrogen-bond acceptors (Lipinski definition) is 9. The highest BCUT2D eigenvalue weighted by Crippen LogP contribution is 2.21. The van der Waals surface area contributed by atoms with E-state index in [0.717, 1.165) is 36.3 Å². The van der Waals surface area contributed by atoms with Crippen molar-refractivity contribution in [3.63, 3.8) is 0 Å². The van der Waals surface area contributed by atoms with Crippen LogP contribution in [0.2, 0.25) is 0 Å². The van der Waals surface area contributed by atoms with Crippen LogP contribution in [0.1, 0.15) is 68.2 Å². The van der Waals surface area contributed by atoms with E-state index in [1.54, 1.807) is 55.6 Å². The Kier molecular flexibility index (Phi) is 11.8. The maximum Gasteiger partial charge on any atom is 0.413 e. The number of nitrogens with one attached hydrogen (secondary N) is 3. The standard InChI is InChI=1S/C34H41N7O5/c1-5-7-10-23(3)46-34(44)39-32(35)24-12-15-26(16-13-24)37-22-30-38-27-21-25(14-17-28(27)40(30)4)33(43)41(20-18-31(42)45-6-2)29-11-8-9-19-36-29/h8-9,11-17,19,21,23,37H,5-7,10,18,20,22H2,1-4H3,(H2,35,39,44). The molecule has 0 saturated heterocycles. The number of hydrogen-bond donors (Lipinski definition) is 3. The van der Waals surface area contributed by atoms with E-state index in [9.17, 15) is 14.4 Å². The van der Waals surface area contributed by atoms with E-state index in [1.165, 1.54) is 4.90 Å². The van der Waals surface area contributed by atoms with Gasteiger partial charge < -0.3 is 19.4 Å². The Hall–Kier alpha value is -5.26. The third-order valence-electron chi connectivity index (χ3n) is 7.36. The molecule has 0 spiro atoms. The van der Waals surface area contributed by atoms with E-state index in [-0.39, 0.29) is 43.4 Å². The van der Waals surface area contributed by atoms with Crippen molar-refractivity contribution in [2.75, 3.05) is 23.4 Å². The summed E-state index contributed by atoms with van der Waals surface area (Å²) >= 11 is 0. The van der Waals surface area contributed by atoms with Crippen molar-refractivity contribution in [1.29, 1.82) is 5.41 Å². The number of imidazole rings is 1. The number of nitrogens with zero attached hydrogens (tertiary/aromatic N) is 4. The number of rotatable bonds is 14. The largest absolute Gasteiger partial charge is 0.466 e. The van der Waals surface area contributed by atoms with Gasteiger partial charge in [0.25, 0.3) is 5.91 Å². The highest BCUT2D eigenvalue weighted by Gasteiger charge is 2.21. The fraction of sp³-hybridized carbons (Fsp3) is 0.353. The number of amidine groups is 1. The number of esters is 1. The van der Waals surface area contributed by atoms with E-state index in [2.05, 4.69) is 22.5 Å². The quantitative estimate of drug-likeness (QED) is 0.0900. The van der Waals surface area contributed by atoms with Crippen molar-refractivity contribution in [3.8, 4) is 0 Å². The van der Waals surface area contributed by atoms with E-state index in [4.69, 9.17) is 19.9 Å². The first kappa shape index (κ1) is 33.6. The molecule has 0 fully saturated rings. The van der Waals surface area contributed by atoms with Crippen LogP contribution >= 0.6 is 0 Å². The third kappa shape index (κ3) is 8.90. The number of unbranched alkanes of at least 4 members (excludes halogenated alkanes) is 1. The molecule has 1 atom stereocenters. The number of carbonyl (C=O) groups is 3. The van der Waals surface area contributed by atoms with Gasteiger partial charge in [-0.15, -0.1) is 0 Å². The molecule has 4 aromatic rings. The number of anilines is 2. The molecule has 2 heterocycles. The van der Waals surface area contributed by atoms with Gasteiger partial charge in [0.1, 0.15) is 23.6 Å². The molecule has 2 aromatic heterocycles. The first-order valence-electron chi connectivity index (χ1n) is 15.4. The van der Waals surface area contributed by atoms with Gasteiger partial charge in [-0.3, -0.25) is 25.2 Å². The van der Waals surface area contributed by atoms with Crippen LogP contribution in [-0.2, 0) is 27.9 Å². The first-order valence-corrected chi connectivity index (χ1v) is 15.4. The number of carbonyl (C=O) groups excluding carboxylic acids is 3. The van der Waals surface area contributed by atoms with Crippen molar-refractivity contribution in [2.24, 2.45) is 7.05 Å². The van der Waals surface area contributed by atoms with Crippen LogP contribution in [0, 0.1) is 5.41 Å². The van der Waals surface area contributed by atoms with E-state index < -0.39 is 6.09 Å². The molecule has 2 aromatic carbocycles. The van der Waals surface area contributed by atoms with Crippen molar-refractivity contribution in [1.82, 2.24) is 19.9 Å². The summed E-state index contributed by atoms with van der Waals surface area (Å²) in [5.74, 6) is 0.473. The zero-order chi connectivity index (χ0) is 33.1. The minimum Gasteiger partial charge on any atom is -0.466 e. The summed E-state index contributed by atoms with van der Waals surface area (Å²) in [5.41, 5.74) is 3.29. The van der Waals surface area contributed by atoms with Crippen LogP contribution in [0.4, 0.5) is 16.3 Å². The average molecular weight is 628 g/mol. The molecule has 0 bridgehead atoms. The van der Waals surface area contributed by atoms with Crippen LogP contribution < -0.4 is 15.5 Å². The molecule has 12 heteroatoms. The number of pyridine rings is 1. The highest BCUT2D eigenvalue weighted by atomic mass is 16.6. The molecule has 46 heavy (non-hydrogen) atoms. The summed E-state index contributed by atoms with van der Waals surface area (Å²) in [6.45, 7) is 6.47. The number of fused-ring (bicyclic) bond motifs is 1. The molecule has 0 radical (unpaired) electrons. The molecule has 3 N–H and O–H groups in total. The third-order valence-corrected chi connectivity index (χ3v) is 7.36. The van der Waals surface area contributed by atoms with Gasteiger partial charge in [-0.25, -0.2) is 14.8 Å². The van der Waals surface area contributed by atoms with Crippen molar-refractivity contribution in [2.45, 2.75) is 59.1 Å². The molecule has 0 saturated carbocycles. The van der Waals surface area contributed by atoms with Gasteiger partial charge in [0, 0.05) is 36.6 Å². The van der Waals surface area contributed by atoms with Gasteiger partial charge in [0.2, 0.25) is 0 Å². The number of benzene rings is 2. The zero-order valence-corrected chi connectivity index (χ0v) is 26.7. The monoisotopic (exact) mass is 627 g/mol. The second kappa shape index (κ2) is 16.2. The Labute approximate surface area is 268 Å². The second-order valence-corrected chi connectivity index (χ2v) is 10.8. The molecular weight excluding hydrogens is 586 g/mol. The molecule has 2 amide bonds. The van der Waals surface area contributed by atoms with Crippen molar-refractivity contribution < 1.29 is 23.9 Å². The molecule has 0 aliphatic carbocycles. The molecule has 0 aliphatic rings. The summed E-state index contributed by atoms with van der Waals surface area (Å²) in [6.07, 6.45) is 3.58. The topological polar surface area (TPSA) is 152 Å². The lowest BCUT2D eigenvalue weighted by Crippen LogP contribution is -2.34. The molecule has 242 valence electrons. The predicted molar refractivity (Wildman–Crippen MR) is 177 cm³/mol. The van der Waals surface area contributed by atoms with Crippen LogP contribution in [0.3, 0.4) is 0 Å². The van der Waals surface area contributed by atoms with Gasteiger partial charge in [-0.1, -0.05) is 25.8 Å². The summed E-state index contributed by atoms with van der Waals surface area (Å²) in [6, 6.07) is 17.7. The second-order valence-electron chi connectivity index (χ2n) is 10.8. The summed E-state index contributed by atoms with van der Waals surface area (Å²) in [4.78, 5) is 48.3. The van der Waals surface area contributed by atoms with Crippen molar-refractivity contribution in [3.05, 3.63) is 83.8 Å². The van der Waals surface area contributed by atoms with Crippen LogP contribution in [0.5, 0.6) is 0 Å². The van der Waals surface area contributed by atoms with Crippen molar-refractivity contribution >= 4 is 46.3 Å². The Morgan fingerprint density at radius 3 is 2.50 bits per heavy atom. The van der Waals surface area contributed by atoms with E-state index in [1.807, 2.05) is 36.7 Å². The lowest BCUT2D eigenvalue weighted by Gasteiger charge is -2.21. The van der Waals surface area contributed by atoms with Gasteiger partial charge in [-0.2, -0.15) is 0 Å². The van der Waals surface area contributed by atoms with Crippen LogP contribution in [0.15, 0.2) is 66.9 Å². The minimum absolute atomic E-state index is 0.0394. The maximum atomic E-state index is 13.6. The molecule has 4 rings (SSSR count). The Morgan fingerprint density at radius 1 is 1.04 bits per heavy atom. The lowest BCUT2D eigenvalue weighted by molar-refractivity contribution is -0.142. The molecule has 0 aliphatic heterocycles. The highest BCUT2D eigenvalue weighted by molar-refractivity contribution is 6.07. The zero-order valence-electron chi connectivity index (χ0n) is 26.7. The molecule has 12 nitrogen and oxygen atoms in total.